The zero-order chi connectivity index (χ0) is 26.3. The lowest BCUT2D eigenvalue weighted by Crippen LogP contribution is -2.50. The Bertz CT molecular complexity index is 984. The third-order valence-corrected chi connectivity index (χ3v) is 7.09. The van der Waals surface area contributed by atoms with Crippen LogP contribution in [-0.2, 0) is 22.7 Å². The van der Waals surface area contributed by atoms with Gasteiger partial charge in [-0.05, 0) is 55.0 Å². The molecule has 1 saturated carbocycles. The van der Waals surface area contributed by atoms with E-state index in [1.165, 1.54) is 18.6 Å². The molecule has 1 aliphatic carbocycles. The lowest BCUT2D eigenvalue weighted by molar-refractivity contribution is -0.147. The van der Waals surface area contributed by atoms with Crippen molar-refractivity contribution in [1.29, 1.82) is 0 Å². The second-order valence-electron chi connectivity index (χ2n) is 11.7. The molecule has 0 unspecified atom stereocenters. The summed E-state index contributed by atoms with van der Waals surface area (Å²) in [7, 11) is 0. The number of hydrogen-bond acceptors (Lipinski definition) is 2. The van der Waals surface area contributed by atoms with Gasteiger partial charge in [0.2, 0.25) is 11.8 Å². The molecule has 0 bridgehead atoms. The summed E-state index contributed by atoms with van der Waals surface area (Å²) in [6.07, 6.45) is 8.36. The Kier molecular flexibility index (Phi) is 9.75. The maximum atomic E-state index is 13.8. The molecule has 198 valence electrons. The molecule has 1 aromatic heterocycles. The Morgan fingerprint density at radius 3 is 2.33 bits per heavy atom. The standard InChI is InChI=1S/C30H44FN3O2/c1-23(2)17-19-33(29(36)30(3,4)5)22-28(35)34(26-10-7-6-8-11-26)21-27-12-9-18-32(27)20-24-13-15-25(31)16-14-24/h9,12-16,18,23,26H,6-8,10-11,17,19-22H2,1-5H3. The average molecular weight is 498 g/mol. The molecule has 6 heteroatoms. The third kappa shape index (κ3) is 7.94. The molecular weight excluding hydrogens is 453 g/mol. The molecular formula is C30H44FN3O2. The highest BCUT2D eigenvalue weighted by Gasteiger charge is 2.32. The minimum absolute atomic E-state index is 0.0257. The smallest absolute Gasteiger partial charge is 0.242 e. The Morgan fingerprint density at radius 2 is 1.72 bits per heavy atom. The average Bonchev–Trinajstić information content (AvgIpc) is 3.27. The molecule has 0 aliphatic heterocycles. The number of aromatic nitrogens is 1. The van der Waals surface area contributed by atoms with Crippen LogP contribution in [-0.4, -0.2) is 45.3 Å². The molecule has 0 radical (unpaired) electrons. The molecule has 0 N–H and O–H groups in total. The van der Waals surface area contributed by atoms with Gasteiger partial charge in [-0.1, -0.05) is 66.0 Å². The van der Waals surface area contributed by atoms with E-state index in [-0.39, 0.29) is 30.2 Å². The van der Waals surface area contributed by atoms with Gasteiger partial charge in [0.25, 0.3) is 0 Å². The highest BCUT2D eigenvalue weighted by atomic mass is 19.1. The minimum atomic E-state index is -0.531. The fourth-order valence-electron chi connectivity index (χ4n) is 4.92. The van der Waals surface area contributed by atoms with Crippen LogP contribution in [0.3, 0.4) is 0 Å². The van der Waals surface area contributed by atoms with E-state index in [0.717, 1.165) is 43.4 Å². The number of carbonyl (C=O) groups excluding carboxylic acids is 2. The molecule has 0 saturated heterocycles. The summed E-state index contributed by atoms with van der Waals surface area (Å²) in [4.78, 5) is 30.9. The summed E-state index contributed by atoms with van der Waals surface area (Å²) in [5.74, 6) is 0.268. The summed E-state index contributed by atoms with van der Waals surface area (Å²) < 4.78 is 15.5. The van der Waals surface area contributed by atoms with Crippen molar-refractivity contribution in [1.82, 2.24) is 14.4 Å². The molecule has 1 fully saturated rings. The number of rotatable bonds is 10. The summed E-state index contributed by atoms with van der Waals surface area (Å²) in [6.45, 7) is 11.9. The normalized spacial score (nSPS) is 14.8. The Hall–Kier alpha value is -2.63. The van der Waals surface area contributed by atoms with Crippen molar-refractivity contribution in [3.8, 4) is 0 Å². The van der Waals surface area contributed by atoms with Gasteiger partial charge in [-0.2, -0.15) is 0 Å². The Balaban J connectivity index is 1.81. The fraction of sp³-hybridized carbons (Fsp3) is 0.600. The molecule has 1 aromatic carbocycles. The number of benzene rings is 1. The molecule has 0 atom stereocenters. The van der Waals surface area contributed by atoms with Crippen LogP contribution in [0, 0.1) is 17.2 Å². The van der Waals surface area contributed by atoms with Gasteiger partial charge in [0, 0.05) is 36.4 Å². The molecule has 2 amide bonds. The zero-order valence-electron chi connectivity index (χ0n) is 22.8. The van der Waals surface area contributed by atoms with Crippen LogP contribution in [0.1, 0.15) is 84.4 Å². The van der Waals surface area contributed by atoms with Crippen molar-refractivity contribution in [2.45, 2.75) is 92.3 Å². The SMILES string of the molecule is CC(C)CCN(CC(=O)N(Cc1cccn1Cc1ccc(F)cc1)C1CCCCC1)C(=O)C(C)(C)C. The van der Waals surface area contributed by atoms with Crippen LogP contribution < -0.4 is 0 Å². The first-order valence-corrected chi connectivity index (χ1v) is 13.5. The lowest BCUT2D eigenvalue weighted by atomic mass is 9.93. The van der Waals surface area contributed by atoms with Crippen LogP contribution in [0.2, 0.25) is 0 Å². The second kappa shape index (κ2) is 12.6. The predicted octanol–water partition coefficient (Wildman–Crippen LogP) is 6.26. The highest BCUT2D eigenvalue weighted by molar-refractivity contribution is 5.87. The van der Waals surface area contributed by atoms with Crippen molar-refractivity contribution in [3.63, 3.8) is 0 Å². The lowest BCUT2D eigenvalue weighted by Gasteiger charge is -2.37. The molecule has 0 spiro atoms. The second-order valence-corrected chi connectivity index (χ2v) is 11.7. The van der Waals surface area contributed by atoms with Crippen molar-refractivity contribution >= 4 is 11.8 Å². The maximum Gasteiger partial charge on any atom is 0.242 e. The molecule has 2 aromatic rings. The molecule has 1 aliphatic rings. The van der Waals surface area contributed by atoms with Crippen molar-refractivity contribution in [2.75, 3.05) is 13.1 Å². The first-order valence-electron chi connectivity index (χ1n) is 13.5. The predicted molar refractivity (Wildman–Crippen MR) is 143 cm³/mol. The van der Waals surface area contributed by atoms with Gasteiger partial charge in [-0.3, -0.25) is 9.59 Å². The largest absolute Gasteiger partial charge is 0.345 e. The Labute approximate surface area is 216 Å². The first kappa shape index (κ1) is 27.9. The van der Waals surface area contributed by atoms with E-state index in [9.17, 15) is 14.0 Å². The van der Waals surface area contributed by atoms with Gasteiger partial charge in [0.15, 0.2) is 0 Å². The first-order chi connectivity index (χ1) is 17.0. The van der Waals surface area contributed by atoms with Gasteiger partial charge in [-0.25, -0.2) is 4.39 Å². The number of nitrogens with zero attached hydrogens (tertiary/aromatic N) is 3. The van der Waals surface area contributed by atoms with Gasteiger partial charge < -0.3 is 14.4 Å². The number of carbonyl (C=O) groups is 2. The van der Waals surface area contributed by atoms with Crippen molar-refractivity contribution in [3.05, 3.63) is 59.7 Å². The monoisotopic (exact) mass is 497 g/mol. The summed E-state index contributed by atoms with van der Waals surface area (Å²) in [6, 6.07) is 10.8. The van der Waals surface area contributed by atoms with E-state index >= 15 is 0 Å². The van der Waals surface area contributed by atoms with Crippen LogP contribution in [0.5, 0.6) is 0 Å². The van der Waals surface area contributed by atoms with Crippen molar-refractivity contribution in [2.24, 2.45) is 11.3 Å². The van der Waals surface area contributed by atoms with Gasteiger partial charge in [0.1, 0.15) is 5.82 Å². The minimum Gasteiger partial charge on any atom is -0.345 e. The van der Waals surface area contributed by atoms with Crippen molar-refractivity contribution < 1.29 is 14.0 Å². The van der Waals surface area contributed by atoms with E-state index in [1.54, 1.807) is 17.0 Å². The van der Waals surface area contributed by atoms with Crippen LogP contribution in [0.15, 0.2) is 42.6 Å². The third-order valence-electron chi connectivity index (χ3n) is 7.09. The van der Waals surface area contributed by atoms with E-state index < -0.39 is 5.41 Å². The van der Waals surface area contributed by atoms with Crippen LogP contribution in [0.25, 0.3) is 0 Å². The Morgan fingerprint density at radius 1 is 1.06 bits per heavy atom. The van der Waals surface area contributed by atoms with Crippen LogP contribution >= 0.6 is 0 Å². The summed E-state index contributed by atoms with van der Waals surface area (Å²) >= 11 is 0. The summed E-state index contributed by atoms with van der Waals surface area (Å²) in [5.41, 5.74) is 1.53. The van der Waals surface area contributed by atoms with E-state index in [0.29, 0.717) is 25.6 Å². The summed E-state index contributed by atoms with van der Waals surface area (Å²) in [5, 5.41) is 0. The van der Waals surface area contributed by atoms with Gasteiger partial charge >= 0.3 is 0 Å². The molecule has 3 rings (SSSR count). The van der Waals surface area contributed by atoms with Gasteiger partial charge in [0.05, 0.1) is 13.1 Å². The quantitative estimate of drug-likeness (QED) is 0.389. The highest BCUT2D eigenvalue weighted by Crippen LogP contribution is 2.26. The fourth-order valence-corrected chi connectivity index (χ4v) is 4.92. The zero-order valence-corrected chi connectivity index (χ0v) is 22.8. The molecule has 1 heterocycles. The maximum absolute atomic E-state index is 13.8. The molecule has 36 heavy (non-hydrogen) atoms. The van der Waals surface area contributed by atoms with Crippen LogP contribution in [0.4, 0.5) is 4.39 Å². The number of halogens is 1. The number of hydrogen-bond donors (Lipinski definition) is 0. The van der Waals surface area contributed by atoms with E-state index in [1.807, 2.05) is 37.9 Å². The van der Waals surface area contributed by atoms with E-state index in [4.69, 9.17) is 0 Å². The van der Waals surface area contributed by atoms with E-state index in [2.05, 4.69) is 24.5 Å². The van der Waals surface area contributed by atoms with Gasteiger partial charge in [-0.15, -0.1) is 0 Å². The topological polar surface area (TPSA) is 45.6 Å². The molecule has 5 nitrogen and oxygen atoms in total. The number of amides is 2.